The molecule has 0 amide bonds. The van der Waals surface area contributed by atoms with Crippen LogP contribution in [0.3, 0.4) is 0 Å². The molecule has 0 bridgehead atoms. The van der Waals surface area contributed by atoms with Crippen molar-refractivity contribution in [2.75, 3.05) is 0 Å². The Morgan fingerprint density at radius 1 is 0.558 bits per heavy atom. The Kier molecular flexibility index (Phi) is 5.90. The van der Waals surface area contributed by atoms with Crippen molar-refractivity contribution in [3.05, 3.63) is 145 Å². The standard InChI is InChI=1S/C40H29N2O/c1-26-17-19-34-33-20-18-30(24-38(33)43-40(34)39(26)37-23-29-15-9-10-16-31(29)25-42(37)2)32-21-35(27-11-5-3-6-12-27)41-36(22-32)28-13-7-4-8-14-28/h3-25H,1-2H3/q+1. The van der Waals surface area contributed by atoms with Gasteiger partial charge in [-0.05, 0) is 59.3 Å². The van der Waals surface area contributed by atoms with Crippen LogP contribution < -0.4 is 4.57 Å². The summed E-state index contributed by atoms with van der Waals surface area (Å²) in [4.78, 5) is 5.06. The summed E-state index contributed by atoms with van der Waals surface area (Å²) in [5, 5.41) is 4.67. The lowest BCUT2D eigenvalue weighted by Crippen LogP contribution is -2.30. The molecule has 0 saturated carbocycles. The van der Waals surface area contributed by atoms with Crippen molar-refractivity contribution in [2.45, 2.75) is 6.92 Å². The third-order valence-electron chi connectivity index (χ3n) is 8.40. The van der Waals surface area contributed by atoms with Crippen LogP contribution >= 0.6 is 0 Å². The van der Waals surface area contributed by atoms with Gasteiger partial charge in [-0.1, -0.05) is 97.1 Å². The molecule has 0 radical (unpaired) electrons. The van der Waals surface area contributed by atoms with Crippen molar-refractivity contribution >= 4 is 32.7 Å². The third kappa shape index (κ3) is 4.38. The van der Waals surface area contributed by atoms with E-state index >= 15 is 0 Å². The molecule has 204 valence electrons. The van der Waals surface area contributed by atoms with Gasteiger partial charge in [0.1, 0.15) is 18.2 Å². The SMILES string of the molecule is Cc1ccc2c(oc3cc(-c4cc(-c5ccccc5)nc(-c5ccccc5)c4)ccc32)c1-c1cc2ccccc2c[n+]1C. The van der Waals surface area contributed by atoms with E-state index < -0.39 is 0 Å². The smallest absolute Gasteiger partial charge is 0.216 e. The minimum Gasteiger partial charge on any atom is -0.455 e. The maximum atomic E-state index is 6.75. The zero-order chi connectivity index (χ0) is 28.9. The molecule has 5 aromatic carbocycles. The van der Waals surface area contributed by atoms with Crippen molar-refractivity contribution in [3.63, 3.8) is 0 Å². The fourth-order valence-electron chi connectivity index (χ4n) is 6.18. The molecular formula is C40H29N2O+. The van der Waals surface area contributed by atoms with E-state index in [1.807, 2.05) is 12.1 Å². The van der Waals surface area contributed by atoms with E-state index in [9.17, 15) is 0 Å². The lowest BCUT2D eigenvalue weighted by atomic mass is 9.97. The van der Waals surface area contributed by atoms with Gasteiger partial charge in [0.05, 0.1) is 17.0 Å². The van der Waals surface area contributed by atoms with Crippen LogP contribution in [0, 0.1) is 6.92 Å². The van der Waals surface area contributed by atoms with Crippen LogP contribution in [-0.2, 0) is 7.05 Å². The molecule has 3 heteroatoms. The van der Waals surface area contributed by atoms with Crippen molar-refractivity contribution in [1.82, 2.24) is 4.98 Å². The van der Waals surface area contributed by atoms with Gasteiger partial charge in [0, 0.05) is 33.4 Å². The van der Waals surface area contributed by atoms with Crippen LogP contribution in [0.25, 0.3) is 77.6 Å². The van der Waals surface area contributed by atoms with E-state index in [0.29, 0.717) is 0 Å². The van der Waals surface area contributed by atoms with Crippen molar-refractivity contribution in [1.29, 1.82) is 0 Å². The molecule has 43 heavy (non-hydrogen) atoms. The average molecular weight is 554 g/mol. The zero-order valence-electron chi connectivity index (χ0n) is 24.1. The van der Waals surface area contributed by atoms with E-state index in [1.165, 1.54) is 16.3 Å². The number of nitrogens with zero attached hydrogens (tertiary/aromatic N) is 2. The molecule has 0 N–H and O–H groups in total. The number of benzene rings is 5. The first-order valence-corrected chi connectivity index (χ1v) is 14.6. The van der Waals surface area contributed by atoms with E-state index in [4.69, 9.17) is 9.40 Å². The highest BCUT2D eigenvalue weighted by Gasteiger charge is 2.22. The summed E-state index contributed by atoms with van der Waals surface area (Å²) in [6, 6.07) is 46.8. The molecule has 0 spiro atoms. The second-order valence-corrected chi connectivity index (χ2v) is 11.2. The van der Waals surface area contributed by atoms with E-state index in [-0.39, 0.29) is 0 Å². The van der Waals surface area contributed by atoms with Gasteiger partial charge in [0.2, 0.25) is 5.69 Å². The van der Waals surface area contributed by atoms with Crippen LogP contribution in [0.1, 0.15) is 5.56 Å². The van der Waals surface area contributed by atoms with E-state index in [0.717, 1.165) is 66.8 Å². The highest BCUT2D eigenvalue weighted by molar-refractivity contribution is 6.10. The number of furan rings is 1. The predicted octanol–water partition coefficient (Wildman–Crippen LogP) is 9.94. The molecule has 0 aliphatic heterocycles. The summed E-state index contributed by atoms with van der Waals surface area (Å²) in [5.74, 6) is 0. The van der Waals surface area contributed by atoms with Gasteiger partial charge in [-0.2, -0.15) is 0 Å². The monoisotopic (exact) mass is 553 g/mol. The Bertz CT molecular complexity index is 2240. The summed E-state index contributed by atoms with van der Waals surface area (Å²) in [5.41, 5.74) is 11.5. The first-order chi connectivity index (χ1) is 21.1. The molecular weight excluding hydrogens is 524 g/mol. The molecule has 0 atom stereocenters. The normalized spacial score (nSPS) is 11.5. The summed E-state index contributed by atoms with van der Waals surface area (Å²) < 4.78 is 8.95. The largest absolute Gasteiger partial charge is 0.455 e. The van der Waals surface area contributed by atoms with Gasteiger partial charge >= 0.3 is 0 Å². The number of aromatic nitrogens is 2. The van der Waals surface area contributed by atoms with Crippen molar-refractivity contribution in [2.24, 2.45) is 7.05 Å². The number of pyridine rings is 2. The van der Waals surface area contributed by atoms with Gasteiger partial charge in [0.15, 0.2) is 6.20 Å². The van der Waals surface area contributed by atoms with Gasteiger partial charge in [-0.15, -0.1) is 0 Å². The average Bonchev–Trinajstić information content (AvgIpc) is 3.43. The van der Waals surface area contributed by atoms with Gasteiger partial charge in [0.25, 0.3) is 0 Å². The van der Waals surface area contributed by atoms with Crippen LogP contribution in [0.15, 0.2) is 144 Å². The Morgan fingerprint density at radius 3 is 1.88 bits per heavy atom. The van der Waals surface area contributed by atoms with E-state index in [1.54, 1.807) is 0 Å². The topological polar surface area (TPSA) is 29.9 Å². The molecule has 0 aliphatic rings. The third-order valence-corrected chi connectivity index (χ3v) is 8.40. The lowest BCUT2D eigenvalue weighted by molar-refractivity contribution is -0.659. The maximum absolute atomic E-state index is 6.75. The summed E-state index contributed by atoms with van der Waals surface area (Å²) in [6.07, 6.45) is 2.20. The maximum Gasteiger partial charge on any atom is 0.216 e. The Balaban J connectivity index is 1.32. The van der Waals surface area contributed by atoms with E-state index in [2.05, 4.69) is 146 Å². The zero-order valence-corrected chi connectivity index (χ0v) is 24.1. The summed E-state index contributed by atoms with van der Waals surface area (Å²) in [6.45, 7) is 2.16. The quantitative estimate of drug-likeness (QED) is 0.203. The van der Waals surface area contributed by atoms with Crippen LogP contribution in [-0.4, -0.2) is 4.98 Å². The van der Waals surface area contributed by atoms with Crippen LogP contribution in [0.4, 0.5) is 0 Å². The molecule has 8 aromatic rings. The molecule has 3 nitrogen and oxygen atoms in total. The number of hydrogen-bond acceptors (Lipinski definition) is 2. The summed E-state index contributed by atoms with van der Waals surface area (Å²) >= 11 is 0. The highest BCUT2D eigenvalue weighted by Crippen LogP contribution is 2.39. The molecule has 3 heterocycles. The number of hydrogen-bond donors (Lipinski definition) is 0. The Hall–Kier alpha value is -5.54. The molecule has 0 fully saturated rings. The minimum absolute atomic E-state index is 0.877. The Labute approximate surface area is 250 Å². The second-order valence-electron chi connectivity index (χ2n) is 11.2. The van der Waals surface area contributed by atoms with Gasteiger partial charge < -0.3 is 4.42 Å². The second kappa shape index (κ2) is 10.1. The fraction of sp³-hybridized carbons (Fsp3) is 0.0500. The number of aryl methyl sites for hydroxylation is 2. The number of fused-ring (bicyclic) bond motifs is 4. The van der Waals surface area contributed by atoms with Crippen LogP contribution in [0.2, 0.25) is 0 Å². The van der Waals surface area contributed by atoms with Gasteiger partial charge in [-0.25, -0.2) is 9.55 Å². The molecule has 3 aromatic heterocycles. The molecule has 0 aliphatic carbocycles. The lowest BCUT2D eigenvalue weighted by Gasteiger charge is -2.10. The highest BCUT2D eigenvalue weighted by atomic mass is 16.3. The predicted molar refractivity (Wildman–Crippen MR) is 177 cm³/mol. The Morgan fingerprint density at radius 2 is 1.19 bits per heavy atom. The molecule has 0 saturated heterocycles. The minimum atomic E-state index is 0.877. The van der Waals surface area contributed by atoms with Crippen molar-refractivity contribution in [3.8, 4) is 44.9 Å². The first kappa shape index (κ1) is 25.2. The summed E-state index contributed by atoms with van der Waals surface area (Å²) in [7, 11) is 2.11. The number of rotatable bonds is 4. The van der Waals surface area contributed by atoms with Gasteiger partial charge in [-0.3, -0.25) is 0 Å². The van der Waals surface area contributed by atoms with Crippen LogP contribution in [0.5, 0.6) is 0 Å². The fourth-order valence-corrected chi connectivity index (χ4v) is 6.18. The molecule has 8 rings (SSSR count). The first-order valence-electron chi connectivity index (χ1n) is 14.6. The molecule has 0 unspecified atom stereocenters. The van der Waals surface area contributed by atoms with Crippen molar-refractivity contribution < 1.29 is 8.98 Å².